The van der Waals surface area contributed by atoms with Crippen molar-refractivity contribution in [2.45, 2.75) is 13.0 Å². The third-order valence-electron chi connectivity index (χ3n) is 3.83. The van der Waals surface area contributed by atoms with E-state index in [1.54, 1.807) is 13.0 Å². The Morgan fingerprint density at radius 3 is 2.65 bits per heavy atom. The van der Waals surface area contributed by atoms with Crippen LogP contribution in [0.2, 0.25) is 0 Å². The molecule has 0 bridgehead atoms. The van der Waals surface area contributed by atoms with Crippen molar-refractivity contribution in [1.29, 1.82) is 0 Å². The zero-order valence-corrected chi connectivity index (χ0v) is 14.7. The fraction of sp³-hybridized carbons (Fsp3) is 0.176. The second-order valence-electron chi connectivity index (χ2n) is 5.54. The maximum atomic E-state index is 13.5. The van der Waals surface area contributed by atoms with E-state index in [0.29, 0.717) is 4.83 Å². The Morgan fingerprint density at radius 1 is 1.19 bits per heavy atom. The fourth-order valence-corrected chi connectivity index (χ4v) is 3.15. The molecule has 2 heterocycles. The number of nitrogens with one attached hydrogen (secondary N) is 2. The molecular formula is C17H14F2N4O2S. The Labute approximate surface area is 151 Å². The molecule has 3 aromatic rings. The van der Waals surface area contributed by atoms with E-state index in [-0.39, 0.29) is 11.1 Å². The Morgan fingerprint density at radius 2 is 1.96 bits per heavy atom. The number of aryl methyl sites for hydroxylation is 1. The second-order valence-corrected chi connectivity index (χ2v) is 6.29. The van der Waals surface area contributed by atoms with Crippen LogP contribution in [0.3, 0.4) is 0 Å². The van der Waals surface area contributed by atoms with Crippen LogP contribution in [0.25, 0.3) is 10.2 Å². The van der Waals surface area contributed by atoms with E-state index in [1.165, 1.54) is 30.8 Å². The van der Waals surface area contributed by atoms with Gasteiger partial charge in [0.05, 0.1) is 11.3 Å². The summed E-state index contributed by atoms with van der Waals surface area (Å²) in [5.74, 6) is -3.27. The molecule has 1 atom stereocenters. The Hall–Kier alpha value is -2.94. The first-order valence-corrected chi connectivity index (χ1v) is 8.37. The summed E-state index contributed by atoms with van der Waals surface area (Å²) in [6.45, 7) is 1.80. The number of nitrogens with zero attached hydrogens (tertiary/aromatic N) is 2. The molecule has 134 valence electrons. The molecule has 6 nitrogen and oxygen atoms in total. The predicted octanol–water partition coefficient (Wildman–Crippen LogP) is 2.50. The molecule has 2 aromatic heterocycles. The molecule has 0 aliphatic rings. The maximum Gasteiger partial charge on any atom is 0.253 e. The van der Waals surface area contributed by atoms with Gasteiger partial charge in [-0.3, -0.25) is 9.59 Å². The van der Waals surface area contributed by atoms with Crippen LogP contribution in [0.15, 0.2) is 30.5 Å². The number of halogens is 2. The molecule has 1 unspecified atom stereocenters. The molecule has 2 N–H and O–H groups in total. The summed E-state index contributed by atoms with van der Waals surface area (Å²) in [5.41, 5.74) is 1.10. The van der Waals surface area contributed by atoms with Gasteiger partial charge in [0.2, 0.25) is 5.91 Å². The predicted molar refractivity (Wildman–Crippen MR) is 92.8 cm³/mol. The first kappa shape index (κ1) is 17.9. The molecule has 2 amide bonds. The van der Waals surface area contributed by atoms with Crippen LogP contribution in [-0.2, 0) is 4.79 Å². The van der Waals surface area contributed by atoms with E-state index in [4.69, 9.17) is 0 Å². The van der Waals surface area contributed by atoms with Crippen molar-refractivity contribution in [1.82, 2.24) is 20.0 Å². The third kappa shape index (κ3) is 3.38. The van der Waals surface area contributed by atoms with Crippen molar-refractivity contribution in [3.8, 4) is 0 Å². The van der Waals surface area contributed by atoms with Gasteiger partial charge in [0, 0.05) is 18.6 Å². The lowest BCUT2D eigenvalue weighted by Crippen LogP contribution is -2.39. The number of amides is 2. The molecular weight excluding hydrogens is 362 g/mol. The molecule has 0 saturated carbocycles. The Kier molecular flexibility index (Phi) is 4.90. The smallest absolute Gasteiger partial charge is 0.253 e. The van der Waals surface area contributed by atoms with Gasteiger partial charge in [-0.1, -0.05) is 6.07 Å². The number of benzene rings is 1. The summed E-state index contributed by atoms with van der Waals surface area (Å²) in [6, 6.07) is 3.47. The first-order valence-electron chi connectivity index (χ1n) is 7.60. The molecule has 26 heavy (non-hydrogen) atoms. The fourth-order valence-electron chi connectivity index (χ4n) is 2.42. The van der Waals surface area contributed by atoms with Gasteiger partial charge in [-0.05, 0) is 42.2 Å². The van der Waals surface area contributed by atoms with Gasteiger partial charge in [-0.15, -0.1) is 0 Å². The molecule has 0 aliphatic carbocycles. The number of rotatable bonds is 4. The Balaban J connectivity index is 1.92. The van der Waals surface area contributed by atoms with Gasteiger partial charge < -0.3 is 10.6 Å². The van der Waals surface area contributed by atoms with Crippen molar-refractivity contribution in [2.24, 2.45) is 0 Å². The highest BCUT2D eigenvalue weighted by molar-refractivity contribution is 7.12. The summed E-state index contributed by atoms with van der Waals surface area (Å²) in [4.78, 5) is 29.6. The number of fused-ring (bicyclic) bond motifs is 1. The third-order valence-corrected chi connectivity index (χ3v) is 4.70. The molecule has 9 heteroatoms. The molecule has 0 saturated heterocycles. The minimum Gasteiger partial charge on any atom is -0.357 e. The van der Waals surface area contributed by atoms with E-state index in [0.717, 1.165) is 23.2 Å². The van der Waals surface area contributed by atoms with Gasteiger partial charge in [0.1, 0.15) is 10.9 Å². The zero-order chi connectivity index (χ0) is 18.8. The van der Waals surface area contributed by atoms with E-state index < -0.39 is 29.5 Å². The van der Waals surface area contributed by atoms with E-state index in [1.807, 2.05) is 0 Å². The lowest BCUT2D eigenvalue weighted by atomic mass is 10.0. The number of hydrogen-bond acceptors (Lipinski definition) is 5. The number of hydrogen-bond donors (Lipinski definition) is 2. The van der Waals surface area contributed by atoms with Crippen LogP contribution < -0.4 is 10.6 Å². The Bertz CT molecular complexity index is 1010. The first-order chi connectivity index (χ1) is 12.4. The van der Waals surface area contributed by atoms with Crippen LogP contribution in [0.4, 0.5) is 8.78 Å². The summed E-state index contributed by atoms with van der Waals surface area (Å²) in [6.07, 6.45) is 1.38. The zero-order valence-electron chi connectivity index (χ0n) is 13.8. The van der Waals surface area contributed by atoms with Crippen molar-refractivity contribution in [3.63, 3.8) is 0 Å². The number of likely N-dealkylation sites (N-methyl/N-ethyl adjacent to an activating group) is 1. The van der Waals surface area contributed by atoms with Crippen molar-refractivity contribution >= 4 is 33.6 Å². The largest absolute Gasteiger partial charge is 0.357 e. The van der Waals surface area contributed by atoms with Crippen molar-refractivity contribution < 1.29 is 18.4 Å². The SMILES string of the molecule is CNC(=O)C(NC(=O)c1cnc2snc(C)c2c1)c1ccc(F)c(F)c1. The van der Waals surface area contributed by atoms with E-state index in [2.05, 4.69) is 20.0 Å². The lowest BCUT2D eigenvalue weighted by Gasteiger charge is -2.18. The molecule has 0 radical (unpaired) electrons. The molecule has 0 spiro atoms. The number of pyridine rings is 1. The van der Waals surface area contributed by atoms with Crippen LogP contribution in [-0.4, -0.2) is 28.2 Å². The quantitative estimate of drug-likeness (QED) is 0.733. The standard InChI is InChI=1S/C17H14F2N4O2S/c1-8-11-5-10(7-21-17(11)26-23-8)15(24)22-14(16(25)20-2)9-3-4-12(18)13(19)6-9/h3-7,14H,1-2H3,(H,20,25)(H,22,24). The number of aromatic nitrogens is 2. The topological polar surface area (TPSA) is 84.0 Å². The summed E-state index contributed by atoms with van der Waals surface area (Å²) < 4.78 is 30.8. The molecule has 0 aliphatic heterocycles. The van der Waals surface area contributed by atoms with Gasteiger partial charge in [0.25, 0.3) is 5.91 Å². The highest BCUT2D eigenvalue weighted by atomic mass is 32.1. The average Bonchev–Trinajstić information content (AvgIpc) is 3.01. The van der Waals surface area contributed by atoms with Crippen molar-refractivity contribution in [2.75, 3.05) is 7.05 Å². The van der Waals surface area contributed by atoms with Gasteiger partial charge >= 0.3 is 0 Å². The number of carbonyl (C=O) groups excluding carboxylic acids is 2. The second kappa shape index (κ2) is 7.12. The highest BCUT2D eigenvalue weighted by Gasteiger charge is 2.24. The monoisotopic (exact) mass is 376 g/mol. The summed E-state index contributed by atoms with van der Waals surface area (Å²) in [5, 5.41) is 5.66. The summed E-state index contributed by atoms with van der Waals surface area (Å²) in [7, 11) is 1.38. The van der Waals surface area contributed by atoms with E-state index in [9.17, 15) is 18.4 Å². The minimum absolute atomic E-state index is 0.124. The molecule has 0 fully saturated rings. The van der Waals surface area contributed by atoms with Crippen LogP contribution in [0.5, 0.6) is 0 Å². The van der Waals surface area contributed by atoms with Crippen LogP contribution in [0.1, 0.15) is 27.7 Å². The van der Waals surface area contributed by atoms with Crippen LogP contribution in [0, 0.1) is 18.6 Å². The molecule has 1 aromatic carbocycles. The minimum atomic E-state index is -1.18. The van der Waals surface area contributed by atoms with Gasteiger partial charge in [0.15, 0.2) is 11.6 Å². The van der Waals surface area contributed by atoms with Crippen molar-refractivity contribution in [3.05, 3.63) is 58.9 Å². The lowest BCUT2D eigenvalue weighted by molar-refractivity contribution is -0.122. The van der Waals surface area contributed by atoms with Crippen LogP contribution >= 0.6 is 11.5 Å². The van der Waals surface area contributed by atoms with E-state index >= 15 is 0 Å². The van der Waals surface area contributed by atoms with Gasteiger partial charge in [-0.2, -0.15) is 4.37 Å². The normalized spacial score (nSPS) is 12.0. The maximum absolute atomic E-state index is 13.5. The molecule has 3 rings (SSSR count). The average molecular weight is 376 g/mol. The van der Waals surface area contributed by atoms with Gasteiger partial charge in [-0.25, -0.2) is 13.8 Å². The highest BCUT2D eigenvalue weighted by Crippen LogP contribution is 2.22. The number of carbonyl (C=O) groups is 2. The summed E-state index contributed by atoms with van der Waals surface area (Å²) >= 11 is 1.22.